The predicted octanol–water partition coefficient (Wildman–Crippen LogP) is 1.42. The van der Waals surface area contributed by atoms with Crippen LogP contribution < -0.4 is 5.32 Å². The molecule has 0 bridgehead atoms. The highest BCUT2D eigenvalue weighted by molar-refractivity contribution is 5.94. The Bertz CT molecular complexity index is 463. The third-order valence-electron chi connectivity index (χ3n) is 3.84. The Morgan fingerprint density at radius 1 is 1.25 bits per heavy atom. The van der Waals surface area contributed by atoms with Crippen molar-refractivity contribution in [2.75, 3.05) is 32.5 Å². The van der Waals surface area contributed by atoms with Crippen molar-refractivity contribution in [3.8, 4) is 0 Å². The average Bonchev–Trinajstić information content (AvgIpc) is 2.48. The van der Waals surface area contributed by atoms with Gasteiger partial charge in [0.25, 0.3) is 5.91 Å². The zero-order valence-corrected chi connectivity index (χ0v) is 12.0. The number of carbonyl (C=O) groups excluding carboxylic acids is 2. The molecule has 20 heavy (non-hydrogen) atoms. The summed E-state index contributed by atoms with van der Waals surface area (Å²) in [6.07, 6.45) is 2.66. The number of nitrogens with zero attached hydrogens (tertiary/aromatic N) is 2. The van der Waals surface area contributed by atoms with Gasteiger partial charge in [-0.1, -0.05) is 0 Å². The van der Waals surface area contributed by atoms with E-state index in [0.717, 1.165) is 25.9 Å². The second-order valence-corrected chi connectivity index (χ2v) is 5.33. The van der Waals surface area contributed by atoms with E-state index in [2.05, 4.69) is 24.3 Å². The van der Waals surface area contributed by atoms with E-state index < -0.39 is 0 Å². The van der Waals surface area contributed by atoms with Crippen LogP contribution in [0.15, 0.2) is 24.3 Å². The Balaban J connectivity index is 1.96. The molecule has 1 heterocycles. The summed E-state index contributed by atoms with van der Waals surface area (Å²) >= 11 is 0. The maximum Gasteiger partial charge on any atom is 0.253 e. The van der Waals surface area contributed by atoms with Crippen LogP contribution in [0.4, 0.5) is 5.69 Å². The van der Waals surface area contributed by atoms with Gasteiger partial charge in [0.1, 0.15) is 0 Å². The highest BCUT2D eigenvalue weighted by Crippen LogP contribution is 2.17. The first kappa shape index (κ1) is 14.5. The number of benzene rings is 1. The molecule has 0 aliphatic carbocycles. The van der Waals surface area contributed by atoms with Crippen LogP contribution in [0.5, 0.6) is 0 Å². The van der Waals surface area contributed by atoms with Gasteiger partial charge in [0.05, 0.1) is 0 Å². The average molecular weight is 275 g/mol. The van der Waals surface area contributed by atoms with E-state index in [0.29, 0.717) is 23.7 Å². The minimum absolute atomic E-state index is 0.0693. The van der Waals surface area contributed by atoms with Crippen molar-refractivity contribution in [2.45, 2.75) is 18.9 Å². The Morgan fingerprint density at radius 3 is 2.35 bits per heavy atom. The van der Waals surface area contributed by atoms with Crippen LogP contribution >= 0.6 is 0 Å². The van der Waals surface area contributed by atoms with Crippen molar-refractivity contribution >= 4 is 18.0 Å². The molecular formula is C15H21N3O2. The van der Waals surface area contributed by atoms with Crippen LogP contribution in [-0.4, -0.2) is 55.3 Å². The molecule has 1 aliphatic rings. The molecular weight excluding hydrogens is 254 g/mol. The summed E-state index contributed by atoms with van der Waals surface area (Å²) < 4.78 is 0. The van der Waals surface area contributed by atoms with Gasteiger partial charge in [-0.25, -0.2) is 0 Å². The molecule has 0 saturated carbocycles. The fourth-order valence-corrected chi connectivity index (χ4v) is 2.54. The van der Waals surface area contributed by atoms with Crippen LogP contribution in [0.1, 0.15) is 23.2 Å². The normalized spacial score (nSPS) is 16.2. The van der Waals surface area contributed by atoms with Gasteiger partial charge in [0.15, 0.2) is 0 Å². The van der Waals surface area contributed by atoms with E-state index in [-0.39, 0.29) is 5.91 Å². The maximum atomic E-state index is 12.4. The number of hydrogen-bond acceptors (Lipinski definition) is 3. The molecule has 0 atom stereocenters. The molecule has 5 heteroatoms. The van der Waals surface area contributed by atoms with Gasteiger partial charge >= 0.3 is 0 Å². The van der Waals surface area contributed by atoms with Gasteiger partial charge in [-0.15, -0.1) is 0 Å². The van der Waals surface area contributed by atoms with E-state index in [1.807, 2.05) is 4.90 Å². The number of nitrogens with one attached hydrogen (secondary N) is 1. The third-order valence-corrected chi connectivity index (χ3v) is 3.84. The molecule has 1 saturated heterocycles. The summed E-state index contributed by atoms with van der Waals surface area (Å²) in [4.78, 5) is 26.8. The largest absolute Gasteiger partial charge is 0.339 e. The predicted molar refractivity (Wildman–Crippen MR) is 78.7 cm³/mol. The van der Waals surface area contributed by atoms with E-state index in [9.17, 15) is 9.59 Å². The third kappa shape index (κ3) is 3.36. The summed E-state index contributed by atoms with van der Waals surface area (Å²) in [5, 5.41) is 2.56. The molecule has 108 valence electrons. The number of hydrogen-bond donors (Lipinski definition) is 1. The molecule has 0 radical (unpaired) electrons. The summed E-state index contributed by atoms with van der Waals surface area (Å²) in [6, 6.07) is 7.57. The van der Waals surface area contributed by atoms with Crippen molar-refractivity contribution in [1.82, 2.24) is 9.80 Å². The summed E-state index contributed by atoms with van der Waals surface area (Å²) in [7, 11) is 4.17. The van der Waals surface area contributed by atoms with E-state index in [1.54, 1.807) is 24.3 Å². The van der Waals surface area contributed by atoms with Gasteiger partial charge in [-0.05, 0) is 51.2 Å². The highest BCUT2D eigenvalue weighted by atomic mass is 16.2. The number of rotatable bonds is 4. The van der Waals surface area contributed by atoms with Crippen LogP contribution in [0.3, 0.4) is 0 Å². The minimum Gasteiger partial charge on any atom is -0.339 e. The van der Waals surface area contributed by atoms with Crippen molar-refractivity contribution in [1.29, 1.82) is 0 Å². The Labute approximate surface area is 119 Å². The molecule has 1 N–H and O–H groups in total. The first-order chi connectivity index (χ1) is 9.61. The van der Waals surface area contributed by atoms with Crippen molar-refractivity contribution < 1.29 is 9.59 Å². The number of anilines is 1. The molecule has 1 aromatic rings. The van der Waals surface area contributed by atoms with Crippen molar-refractivity contribution in [3.63, 3.8) is 0 Å². The Morgan fingerprint density at radius 2 is 1.85 bits per heavy atom. The molecule has 1 aromatic carbocycles. The van der Waals surface area contributed by atoms with Gasteiger partial charge < -0.3 is 15.1 Å². The van der Waals surface area contributed by atoms with Crippen LogP contribution in [0.25, 0.3) is 0 Å². The first-order valence-electron chi connectivity index (χ1n) is 6.88. The molecule has 2 amide bonds. The van der Waals surface area contributed by atoms with E-state index in [4.69, 9.17) is 0 Å². The fourth-order valence-electron chi connectivity index (χ4n) is 2.54. The Hall–Kier alpha value is -1.88. The molecule has 0 spiro atoms. The highest BCUT2D eigenvalue weighted by Gasteiger charge is 2.24. The summed E-state index contributed by atoms with van der Waals surface area (Å²) in [5.41, 5.74) is 1.37. The zero-order valence-electron chi connectivity index (χ0n) is 12.0. The van der Waals surface area contributed by atoms with Crippen molar-refractivity contribution in [2.24, 2.45) is 0 Å². The van der Waals surface area contributed by atoms with E-state index >= 15 is 0 Å². The number of likely N-dealkylation sites (tertiary alicyclic amines) is 1. The van der Waals surface area contributed by atoms with E-state index in [1.165, 1.54) is 0 Å². The smallest absolute Gasteiger partial charge is 0.253 e. The molecule has 5 nitrogen and oxygen atoms in total. The molecule has 0 unspecified atom stereocenters. The zero-order chi connectivity index (χ0) is 14.5. The summed E-state index contributed by atoms with van der Waals surface area (Å²) in [6.45, 7) is 1.60. The topological polar surface area (TPSA) is 52.6 Å². The molecule has 0 aromatic heterocycles. The monoisotopic (exact) mass is 275 g/mol. The lowest BCUT2D eigenvalue weighted by Gasteiger charge is -2.35. The lowest BCUT2D eigenvalue weighted by molar-refractivity contribution is -0.105. The second-order valence-electron chi connectivity index (χ2n) is 5.33. The van der Waals surface area contributed by atoms with Gasteiger partial charge in [-0.3, -0.25) is 9.59 Å². The van der Waals surface area contributed by atoms with Crippen LogP contribution in [0, 0.1) is 0 Å². The van der Waals surface area contributed by atoms with Crippen LogP contribution in [0.2, 0.25) is 0 Å². The second kappa shape index (κ2) is 6.52. The van der Waals surface area contributed by atoms with Crippen LogP contribution in [-0.2, 0) is 4.79 Å². The number of amides is 2. The number of piperidine rings is 1. The SMILES string of the molecule is CN(C)C1CCN(C(=O)c2ccc(NC=O)cc2)CC1. The Kier molecular flexibility index (Phi) is 4.74. The van der Waals surface area contributed by atoms with Crippen molar-refractivity contribution in [3.05, 3.63) is 29.8 Å². The van der Waals surface area contributed by atoms with Gasteiger partial charge in [0, 0.05) is 30.4 Å². The van der Waals surface area contributed by atoms with Gasteiger partial charge in [-0.2, -0.15) is 0 Å². The molecule has 1 aliphatic heterocycles. The fraction of sp³-hybridized carbons (Fsp3) is 0.467. The number of carbonyl (C=O) groups is 2. The first-order valence-corrected chi connectivity index (χ1v) is 6.88. The lowest BCUT2D eigenvalue weighted by Crippen LogP contribution is -2.44. The quantitative estimate of drug-likeness (QED) is 0.846. The maximum absolute atomic E-state index is 12.4. The van der Waals surface area contributed by atoms with Gasteiger partial charge in [0.2, 0.25) is 6.41 Å². The molecule has 1 fully saturated rings. The standard InChI is InChI=1S/C15H21N3O2/c1-17(2)14-7-9-18(10-8-14)15(20)12-3-5-13(6-4-12)16-11-19/h3-6,11,14H,7-10H2,1-2H3,(H,16,19). The minimum atomic E-state index is 0.0693. The summed E-state index contributed by atoms with van der Waals surface area (Å²) in [5.74, 6) is 0.0693. The molecule has 2 rings (SSSR count). The lowest BCUT2D eigenvalue weighted by atomic mass is 10.0.